The second-order valence-corrected chi connectivity index (χ2v) is 4.98. The van der Waals surface area contributed by atoms with Crippen molar-refractivity contribution in [3.05, 3.63) is 0 Å². The van der Waals surface area contributed by atoms with Gasteiger partial charge in [0.15, 0.2) is 0 Å². The average molecular weight is 328 g/mol. The molecular formula is C15H28N4O4. The van der Waals surface area contributed by atoms with Crippen molar-refractivity contribution < 1.29 is 19.2 Å². The minimum absolute atomic E-state index is 0.0102. The SMILES string of the molecule is CCC(=O)N(CC=O)CCNC(=O)CN(CCNC)C(=O)CC. The Morgan fingerprint density at radius 1 is 0.957 bits per heavy atom. The van der Waals surface area contributed by atoms with Gasteiger partial charge in [0, 0.05) is 39.0 Å². The largest absolute Gasteiger partial charge is 0.353 e. The van der Waals surface area contributed by atoms with Crippen LogP contribution in [-0.2, 0) is 19.2 Å². The molecule has 0 rings (SSSR count). The third-order valence-electron chi connectivity index (χ3n) is 3.28. The monoisotopic (exact) mass is 328 g/mol. The van der Waals surface area contributed by atoms with Crippen molar-refractivity contribution in [2.45, 2.75) is 26.7 Å². The number of nitrogens with one attached hydrogen (secondary N) is 2. The molecule has 0 atom stereocenters. The number of nitrogens with zero attached hydrogens (tertiary/aromatic N) is 2. The molecule has 23 heavy (non-hydrogen) atoms. The minimum atomic E-state index is -0.280. The molecule has 0 saturated heterocycles. The van der Waals surface area contributed by atoms with Crippen molar-refractivity contribution >= 4 is 24.0 Å². The van der Waals surface area contributed by atoms with E-state index < -0.39 is 0 Å². The molecule has 0 bridgehead atoms. The summed E-state index contributed by atoms with van der Waals surface area (Å²) < 4.78 is 0. The van der Waals surface area contributed by atoms with E-state index in [1.807, 2.05) is 0 Å². The second kappa shape index (κ2) is 12.6. The summed E-state index contributed by atoms with van der Waals surface area (Å²) in [6.07, 6.45) is 1.31. The normalized spacial score (nSPS) is 10.0. The maximum absolute atomic E-state index is 11.9. The summed E-state index contributed by atoms with van der Waals surface area (Å²) in [7, 11) is 1.78. The van der Waals surface area contributed by atoms with Gasteiger partial charge < -0.3 is 25.2 Å². The summed E-state index contributed by atoms with van der Waals surface area (Å²) in [5, 5.41) is 5.61. The molecule has 0 aromatic rings. The highest BCUT2D eigenvalue weighted by molar-refractivity contribution is 5.84. The van der Waals surface area contributed by atoms with Crippen molar-refractivity contribution in [3.63, 3.8) is 0 Å². The van der Waals surface area contributed by atoms with Crippen molar-refractivity contribution in [2.75, 3.05) is 46.3 Å². The molecule has 0 aliphatic heterocycles. The van der Waals surface area contributed by atoms with Crippen LogP contribution in [0.2, 0.25) is 0 Å². The number of carbonyl (C=O) groups is 4. The molecule has 2 N–H and O–H groups in total. The Hall–Kier alpha value is -1.96. The number of carbonyl (C=O) groups excluding carboxylic acids is 4. The quantitative estimate of drug-likeness (QED) is 0.448. The number of likely N-dealkylation sites (N-methyl/N-ethyl adjacent to an activating group) is 1. The van der Waals surface area contributed by atoms with E-state index in [1.165, 1.54) is 9.80 Å². The molecule has 0 saturated carbocycles. The maximum Gasteiger partial charge on any atom is 0.239 e. The predicted octanol–water partition coefficient (Wildman–Crippen LogP) is -1.00. The zero-order valence-electron chi connectivity index (χ0n) is 14.3. The van der Waals surface area contributed by atoms with Gasteiger partial charge in [-0.2, -0.15) is 0 Å². The lowest BCUT2D eigenvalue weighted by Crippen LogP contribution is -2.45. The average Bonchev–Trinajstić information content (AvgIpc) is 2.56. The summed E-state index contributed by atoms with van der Waals surface area (Å²) in [6, 6.07) is 0. The third kappa shape index (κ3) is 8.92. The fraction of sp³-hybridized carbons (Fsp3) is 0.733. The zero-order valence-corrected chi connectivity index (χ0v) is 14.3. The molecule has 0 aliphatic rings. The highest BCUT2D eigenvalue weighted by Gasteiger charge is 2.16. The van der Waals surface area contributed by atoms with Crippen LogP contribution in [0.15, 0.2) is 0 Å². The Kier molecular flexibility index (Phi) is 11.5. The molecule has 0 spiro atoms. The zero-order chi connectivity index (χ0) is 17.7. The van der Waals surface area contributed by atoms with E-state index in [2.05, 4.69) is 10.6 Å². The van der Waals surface area contributed by atoms with Crippen LogP contribution in [0.3, 0.4) is 0 Å². The molecule has 0 aromatic carbocycles. The molecule has 132 valence electrons. The molecule has 0 unspecified atom stereocenters. The van der Waals surface area contributed by atoms with Gasteiger partial charge in [-0.25, -0.2) is 0 Å². The van der Waals surface area contributed by atoms with E-state index >= 15 is 0 Å². The first-order valence-corrected chi connectivity index (χ1v) is 7.90. The van der Waals surface area contributed by atoms with Crippen LogP contribution in [0.1, 0.15) is 26.7 Å². The summed E-state index contributed by atoms with van der Waals surface area (Å²) >= 11 is 0. The number of hydrogen-bond acceptors (Lipinski definition) is 5. The molecule has 0 radical (unpaired) electrons. The fourth-order valence-electron chi connectivity index (χ4n) is 1.95. The molecule has 0 aliphatic carbocycles. The van der Waals surface area contributed by atoms with Gasteiger partial charge in [-0.1, -0.05) is 13.8 Å². The lowest BCUT2D eigenvalue weighted by atomic mass is 10.3. The van der Waals surface area contributed by atoms with E-state index in [4.69, 9.17) is 0 Å². The van der Waals surface area contributed by atoms with Gasteiger partial charge in [-0.05, 0) is 7.05 Å². The lowest BCUT2D eigenvalue weighted by Gasteiger charge is -2.23. The van der Waals surface area contributed by atoms with Gasteiger partial charge >= 0.3 is 0 Å². The maximum atomic E-state index is 11.9. The van der Waals surface area contributed by atoms with Crippen molar-refractivity contribution in [1.82, 2.24) is 20.4 Å². The Balaban J connectivity index is 4.31. The smallest absolute Gasteiger partial charge is 0.239 e. The number of aldehydes is 1. The van der Waals surface area contributed by atoms with Gasteiger partial charge in [0.05, 0.1) is 13.1 Å². The van der Waals surface area contributed by atoms with Gasteiger partial charge in [0.2, 0.25) is 17.7 Å². The fourth-order valence-corrected chi connectivity index (χ4v) is 1.95. The van der Waals surface area contributed by atoms with E-state index in [-0.39, 0.29) is 43.9 Å². The van der Waals surface area contributed by atoms with Gasteiger partial charge in [-0.15, -0.1) is 0 Å². The van der Waals surface area contributed by atoms with Crippen LogP contribution in [0.5, 0.6) is 0 Å². The van der Waals surface area contributed by atoms with Crippen LogP contribution in [0, 0.1) is 0 Å². The molecule has 3 amide bonds. The predicted molar refractivity (Wildman–Crippen MR) is 86.7 cm³/mol. The first-order valence-electron chi connectivity index (χ1n) is 7.90. The van der Waals surface area contributed by atoms with Gasteiger partial charge in [0.25, 0.3) is 0 Å². The molecule has 0 heterocycles. The third-order valence-corrected chi connectivity index (χ3v) is 3.28. The summed E-state index contributed by atoms with van der Waals surface area (Å²) in [4.78, 5) is 48.7. The first-order chi connectivity index (χ1) is 11.0. The summed E-state index contributed by atoms with van der Waals surface area (Å²) in [5.41, 5.74) is 0. The van der Waals surface area contributed by atoms with Gasteiger partial charge in [0.1, 0.15) is 6.29 Å². The Morgan fingerprint density at radius 2 is 1.52 bits per heavy atom. The number of amides is 3. The Labute approximate surface area is 137 Å². The van der Waals surface area contributed by atoms with E-state index in [1.54, 1.807) is 20.9 Å². The molecular weight excluding hydrogens is 300 g/mol. The van der Waals surface area contributed by atoms with Crippen molar-refractivity contribution in [3.8, 4) is 0 Å². The van der Waals surface area contributed by atoms with E-state index in [9.17, 15) is 19.2 Å². The van der Waals surface area contributed by atoms with Crippen molar-refractivity contribution in [2.24, 2.45) is 0 Å². The van der Waals surface area contributed by atoms with Crippen LogP contribution >= 0.6 is 0 Å². The number of rotatable bonds is 12. The van der Waals surface area contributed by atoms with Crippen LogP contribution in [0.25, 0.3) is 0 Å². The van der Waals surface area contributed by atoms with E-state index in [0.29, 0.717) is 32.2 Å². The molecule has 8 heteroatoms. The lowest BCUT2D eigenvalue weighted by molar-refractivity contribution is -0.136. The number of hydrogen-bond donors (Lipinski definition) is 2. The van der Waals surface area contributed by atoms with Crippen LogP contribution in [0.4, 0.5) is 0 Å². The summed E-state index contributed by atoms with van der Waals surface area (Å²) in [6.45, 7) is 5.07. The van der Waals surface area contributed by atoms with Gasteiger partial charge in [-0.3, -0.25) is 14.4 Å². The highest BCUT2D eigenvalue weighted by Crippen LogP contribution is 1.94. The Morgan fingerprint density at radius 3 is 2.04 bits per heavy atom. The summed E-state index contributed by atoms with van der Waals surface area (Å²) in [5.74, 6) is -0.500. The standard InChI is InChI=1S/C15H28N4O4/c1-4-14(22)18(10-11-20)9-7-17-13(21)12-19(8-6-16-3)15(23)5-2/h11,16H,4-10,12H2,1-3H3,(H,17,21). The van der Waals surface area contributed by atoms with Crippen LogP contribution < -0.4 is 10.6 Å². The van der Waals surface area contributed by atoms with Crippen LogP contribution in [-0.4, -0.2) is 80.1 Å². The Bertz CT molecular complexity index is 401. The topological polar surface area (TPSA) is 98.8 Å². The molecule has 0 fully saturated rings. The minimum Gasteiger partial charge on any atom is -0.353 e. The second-order valence-electron chi connectivity index (χ2n) is 4.98. The first kappa shape index (κ1) is 21.0. The highest BCUT2D eigenvalue weighted by atomic mass is 16.2. The molecule has 8 nitrogen and oxygen atoms in total. The molecule has 0 aromatic heterocycles. The van der Waals surface area contributed by atoms with Crippen molar-refractivity contribution in [1.29, 1.82) is 0 Å². The van der Waals surface area contributed by atoms with E-state index in [0.717, 1.165) is 0 Å².